The molecule has 0 aromatic heterocycles. The summed E-state index contributed by atoms with van der Waals surface area (Å²) in [4.78, 5) is 67.6. The molecule has 6 atom stereocenters. The monoisotopic (exact) mass is 658 g/mol. The zero-order chi connectivity index (χ0) is 30.0. The summed E-state index contributed by atoms with van der Waals surface area (Å²) >= 11 is 9.66. The van der Waals surface area contributed by atoms with Gasteiger partial charge in [-0.05, 0) is 90.8 Å². The van der Waals surface area contributed by atoms with E-state index in [9.17, 15) is 24.0 Å². The number of nitrogens with zero attached hydrogens (tertiary/aromatic N) is 2. The summed E-state index contributed by atoms with van der Waals surface area (Å²) in [5.41, 5.74) is 0.644. The van der Waals surface area contributed by atoms with Gasteiger partial charge in [0.2, 0.25) is 0 Å². The molecule has 1 saturated heterocycles. The van der Waals surface area contributed by atoms with Crippen LogP contribution in [0.25, 0.3) is 0 Å². The number of rotatable bonds is 7. The van der Waals surface area contributed by atoms with Crippen molar-refractivity contribution in [2.24, 2.45) is 35.5 Å². The van der Waals surface area contributed by atoms with Crippen molar-refractivity contribution in [1.82, 2.24) is 10.0 Å². The Kier molecular flexibility index (Phi) is 6.82. The molecular formula is C33H24BrClN2O6. The van der Waals surface area contributed by atoms with E-state index in [-0.39, 0.29) is 33.7 Å². The number of ether oxygens (including phenoxy) is 1. The molecule has 10 heteroatoms. The molecule has 0 N–H and O–H groups in total. The van der Waals surface area contributed by atoms with Crippen molar-refractivity contribution in [1.29, 1.82) is 0 Å². The van der Waals surface area contributed by atoms with Gasteiger partial charge in [0.15, 0.2) is 5.78 Å². The molecule has 3 aromatic rings. The quantitative estimate of drug-likeness (QED) is 0.107. The minimum Gasteiger partial charge on any atom is -0.423 e. The zero-order valence-corrected chi connectivity index (χ0v) is 24.9. The van der Waals surface area contributed by atoms with E-state index in [1.54, 1.807) is 36.4 Å². The Morgan fingerprint density at radius 1 is 0.837 bits per heavy atom. The number of hydrogen-bond donors (Lipinski definition) is 0. The lowest BCUT2D eigenvalue weighted by Crippen LogP contribution is -2.52. The minimum atomic E-state index is -0.718. The first-order valence-electron chi connectivity index (χ1n) is 14.0. The highest BCUT2D eigenvalue weighted by atomic mass is 79.9. The van der Waals surface area contributed by atoms with Crippen LogP contribution in [0.15, 0.2) is 89.4 Å². The van der Waals surface area contributed by atoms with Gasteiger partial charge >= 0.3 is 5.97 Å². The molecule has 1 heterocycles. The van der Waals surface area contributed by atoms with Crippen molar-refractivity contribution in [2.45, 2.75) is 6.42 Å². The summed E-state index contributed by atoms with van der Waals surface area (Å²) in [6, 6.07) is 18.9. The van der Waals surface area contributed by atoms with E-state index in [4.69, 9.17) is 16.3 Å². The average molecular weight is 660 g/mol. The van der Waals surface area contributed by atoms with E-state index in [0.717, 1.165) is 20.9 Å². The fraction of sp³-hybridized carbons (Fsp3) is 0.242. The number of esters is 1. The fourth-order valence-corrected chi connectivity index (χ4v) is 7.36. The highest BCUT2D eigenvalue weighted by Crippen LogP contribution is 2.65. The second kappa shape index (κ2) is 10.6. The molecule has 1 aliphatic heterocycles. The summed E-state index contributed by atoms with van der Waals surface area (Å²) in [5, 5.41) is 1.98. The van der Waals surface area contributed by atoms with E-state index in [0.29, 0.717) is 17.4 Å². The number of ketones is 1. The molecular weight excluding hydrogens is 636 g/mol. The van der Waals surface area contributed by atoms with Crippen LogP contribution in [0.4, 0.5) is 0 Å². The largest absolute Gasteiger partial charge is 0.423 e. The van der Waals surface area contributed by atoms with Crippen molar-refractivity contribution >= 4 is 57.0 Å². The van der Waals surface area contributed by atoms with E-state index in [2.05, 4.69) is 15.9 Å². The van der Waals surface area contributed by atoms with Crippen molar-refractivity contribution in [3.8, 4) is 5.75 Å². The Morgan fingerprint density at radius 3 is 2.02 bits per heavy atom. The first-order chi connectivity index (χ1) is 20.7. The Morgan fingerprint density at radius 2 is 1.42 bits per heavy atom. The van der Waals surface area contributed by atoms with Crippen LogP contribution in [0.1, 0.15) is 37.5 Å². The van der Waals surface area contributed by atoms with Crippen LogP contribution in [-0.4, -0.2) is 46.0 Å². The molecule has 2 bridgehead atoms. The third-order valence-electron chi connectivity index (χ3n) is 8.98. The maximum Gasteiger partial charge on any atom is 0.343 e. The van der Waals surface area contributed by atoms with Gasteiger partial charge in [-0.3, -0.25) is 19.2 Å². The Labute approximate surface area is 260 Å². The summed E-state index contributed by atoms with van der Waals surface area (Å²) in [7, 11) is 0. The molecule has 4 aliphatic carbocycles. The lowest BCUT2D eigenvalue weighted by molar-refractivity contribution is -0.154. The smallest absolute Gasteiger partial charge is 0.343 e. The van der Waals surface area contributed by atoms with Crippen LogP contribution in [-0.2, 0) is 9.59 Å². The molecule has 0 spiro atoms. The Hall–Kier alpha value is -4.08. The number of carbonyl (C=O) groups is 5. The molecule has 3 amide bonds. The highest BCUT2D eigenvalue weighted by molar-refractivity contribution is 9.10. The second-order valence-electron chi connectivity index (χ2n) is 11.3. The van der Waals surface area contributed by atoms with Crippen LogP contribution >= 0.6 is 27.5 Å². The summed E-state index contributed by atoms with van der Waals surface area (Å²) in [5.74, 6) is -2.85. The van der Waals surface area contributed by atoms with Crippen molar-refractivity contribution in [2.75, 3.05) is 6.54 Å². The van der Waals surface area contributed by atoms with Gasteiger partial charge < -0.3 is 4.74 Å². The summed E-state index contributed by atoms with van der Waals surface area (Å²) in [6.45, 7) is -0.561. The first-order valence-corrected chi connectivity index (χ1v) is 15.1. The number of benzene rings is 3. The van der Waals surface area contributed by atoms with Crippen molar-refractivity contribution in [3.05, 3.63) is 111 Å². The number of carbonyl (C=O) groups excluding carboxylic acids is 5. The summed E-state index contributed by atoms with van der Waals surface area (Å²) < 4.78 is 6.24. The number of halogens is 2. The van der Waals surface area contributed by atoms with Crippen LogP contribution in [0.3, 0.4) is 0 Å². The van der Waals surface area contributed by atoms with E-state index in [1.165, 1.54) is 36.4 Å². The van der Waals surface area contributed by atoms with E-state index >= 15 is 0 Å². The normalized spacial score (nSPS) is 26.1. The van der Waals surface area contributed by atoms with Crippen LogP contribution in [0.2, 0.25) is 5.02 Å². The average Bonchev–Trinajstić information content (AvgIpc) is 3.79. The Balaban J connectivity index is 1.14. The fourth-order valence-electron chi connectivity index (χ4n) is 6.87. The van der Waals surface area contributed by atoms with E-state index < -0.39 is 47.9 Å². The number of hydrazine groups is 1. The molecule has 3 fully saturated rings. The van der Waals surface area contributed by atoms with Gasteiger partial charge in [0.05, 0.1) is 28.0 Å². The van der Waals surface area contributed by atoms with Gasteiger partial charge in [0.1, 0.15) is 12.3 Å². The third kappa shape index (κ3) is 4.71. The number of imide groups is 1. The van der Waals surface area contributed by atoms with Gasteiger partial charge in [0, 0.05) is 10.0 Å². The summed E-state index contributed by atoms with van der Waals surface area (Å²) in [6.07, 6.45) is 5.10. The van der Waals surface area contributed by atoms with Gasteiger partial charge in [0.25, 0.3) is 17.7 Å². The van der Waals surface area contributed by atoms with Gasteiger partial charge in [-0.25, -0.2) is 9.80 Å². The predicted octanol–water partition coefficient (Wildman–Crippen LogP) is 5.61. The lowest BCUT2D eigenvalue weighted by atomic mass is 9.63. The molecule has 43 heavy (non-hydrogen) atoms. The second-order valence-corrected chi connectivity index (χ2v) is 12.7. The number of Topliss-reactive ketones (excluding diaryl/α,β-unsaturated/α-hetero) is 1. The van der Waals surface area contributed by atoms with Crippen molar-refractivity contribution in [3.63, 3.8) is 0 Å². The van der Waals surface area contributed by atoms with Crippen molar-refractivity contribution < 1.29 is 28.7 Å². The molecule has 8 rings (SSSR count). The first kappa shape index (κ1) is 27.7. The standard InChI is InChI=1S/C33H24BrClN2O6/c34-19-9-5-18(6-10-19)33(42)43-20-11-7-17(8-12-20)27(38)16-36(30(39)23-3-1-2-4-26(23)35)37-31(40)28-21-13-14-22(25-15-24(21)25)29(28)32(37)41/h1-14,21-22,24-25,28-29H,15-16H2/t21-,22-,24-,25+,28-,29+/m0/s1. The number of allylic oxidation sites excluding steroid dienone is 2. The number of hydrogen-bond acceptors (Lipinski definition) is 6. The van der Waals surface area contributed by atoms with E-state index in [1.807, 2.05) is 12.2 Å². The van der Waals surface area contributed by atoms with Crippen LogP contribution in [0, 0.1) is 35.5 Å². The molecule has 216 valence electrons. The molecule has 5 aliphatic rings. The third-order valence-corrected chi connectivity index (χ3v) is 9.84. The molecule has 2 saturated carbocycles. The van der Waals surface area contributed by atoms with Gasteiger partial charge in [-0.15, -0.1) is 0 Å². The number of amides is 3. The van der Waals surface area contributed by atoms with Gasteiger partial charge in [-0.2, -0.15) is 5.01 Å². The maximum absolute atomic E-state index is 13.9. The molecule has 8 nitrogen and oxygen atoms in total. The minimum absolute atomic E-state index is 0.0397. The zero-order valence-electron chi connectivity index (χ0n) is 22.6. The van der Waals surface area contributed by atoms with Crippen LogP contribution in [0.5, 0.6) is 5.75 Å². The molecule has 0 unspecified atom stereocenters. The molecule has 3 aromatic carbocycles. The maximum atomic E-state index is 13.9. The van der Waals surface area contributed by atoms with Gasteiger partial charge in [-0.1, -0.05) is 51.8 Å². The lowest BCUT2D eigenvalue weighted by Gasteiger charge is -2.37. The Bertz CT molecular complexity index is 1690. The highest BCUT2D eigenvalue weighted by Gasteiger charge is 2.68. The predicted molar refractivity (Wildman–Crippen MR) is 159 cm³/mol. The SMILES string of the molecule is O=C(CN(C(=O)c1ccccc1Cl)N1C(=O)[C@@H]2[C@H]3C=C[C@@H]([C@@H]4C[C@H]34)[C@@H]2C1=O)c1ccc(OC(=O)c2ccc(Br)cc2)cc1. The van der Waals surface area contributed by atoms with Crippen LogP contribution < -0.4 is 4.74 Å². The topological polar surface area (TPSA) is 101 Å². The molecule has 0 radical (unpaired) electrons.